The predicted octanol–water partition coefficient (Wildman–Crippen LogP) is 4.87. The second kappa shape index (κ2) is 13.5. The third kappa shape index (κ3) is 8.78. The zero-order valence-corrected chi connectivity index (χ0v) is 17.8. The molecule has 162 valence electrons. The number of carboxylic acids is 1. The molecular formula is C25H33NO4. The number of carbonyl (C=O) groups is 2. The summed E-state index contributed by atoms with van der Waals surface area (Å²) < 4.78 is 5.79. The van der Waals surface area contributed by atoms with E-state index < -0.39 is 12.1 Å². The molecule has 2 aromatic carbocycles. The molecule has 0 radical (unpaired) electrons. The normalized spacial score (nSPS) is 11.8. The van der Waals surface area contributed by atoms with E-state index in [9.17, 15) is 14.7 Å². The highest BCUT2D eigenvalue weighted by Crippen LogP contribution is 2.21. The molecule has 2 rings (SSSR count). The second-order valence-corrected chi connectivity index (χ2v) is 7.49. The number of hydrogen-bond acceptors (Lipinski definition) is 3. The fourth-order valence-corrected chi connectivity index (χ4v) is 3.36. The monoisotopic (exact) mass is 411 g/mol. The van der Waals surface area contributed by atoms with Gasteiger partial charge in [0.15, 0.2) is 0 Å². The first-order valence-electron chi connectivity index (χ1n) is 10.8. The van der Waals surface area contributed by atoms with Crippen LogP contribution in [-0.2, 0) is 20.7 Å². The summed E-state index contributed by atoms with van der Waals surface area (Å²) >= 11 is 0. The molecule has 1 atom stereocenters. The molecular weight excluding hydrogens is 378 g/mol. The Morgan fingerprint density at radius 3 is 2.23 bits per heavy atom. The summed E-state index contributed by atoms with van der Waals surface area (Å²) in [5, 5.41) is 9.22. The average Bonchev–Trinajstić information content (AvgIpc) is 2.77. The first-order valence-corrected chi connectivity index (χ1v) is 10.8. The molecule has 5 heteroatoms. The van der Waals surface area contributed by atoms with Crippen molar-refractivity contribution in [3.8, 4) is 0 Å². The van der Waals surface area contributed by atoms with Crippen molar-refractivity contribution in [2.75, 3.05) is 19.7 Å². The van der Waals surface area contributed by atoms with Crippen LogP contribution in [0.25, 0.3) is 0 Å². The number of unbranched alkanes of at least 4 members (excludes halogenated alkanes) is 3. The fourth-order valence-electron chi connectivity index (χ4n) is 3.36. The van der Waals surface area contributed by atoms with Crippen molar-refractivity contribution in [3.63, 3.8) is 0 Å². The lowest BCUT2D eigenvalue weighted by Crippen LogP contribution is -2.37. The Bertz CT molecular complexity index is 748. The van der Waals surface area contributed by atoms with Crippen LogP contribution in [0.2, 0.25) is 0 Å². The molecule has 2 aromatic rings. The molecule has 0 aliphatic carbocycles. The summed E-state index contributed by atoms with van der Waals surface area (Å²) in [5.74, 6) is -1.04. The maximum Gasteiger partial charge on any atom is 0.306 e. The van der Waals surface area contributed by atoms with Crippen molar-refractivity contribution >= 4 is 11.9 Å². The summed E-state index contributed by atoms with van der Waals surface area (Å²) in [6.45, 7) is 3.38. The van der Waals surface area contributed by atoms with Crippen molar-refractivity contribution in [1.82, 2.24) is 4.90 Å². The standard InChI is InChI=1S/C25H33NO4/c1-2-3-4-11-17-26(18-16-21-12-7-5-8-13-21)24(27)20-30-23(19-25(28)29)22-14-9-6-10-15-22/h5-10,12-15,23H,2-4,11,16-20H2,1H3,(H,28,29). The number of carboxylic acid groups (broad SMARTS) is 1. The van der Waals surface area contributed by atoms with Gasteiger partial charge >= 0.3 is 5.97 Å². The van der Waals surface area contributed by atoms with Gasteiger partial charge in [0, 0.05) is 13.1 Å². The largest absolute Gasteiger partial charge is 0.481 e. The molecule has 0 fully saturated rings. The average molecular weight is 412 g/mol. The van der Waals surface area contributed by atoms with Gasteiger partial charge in [0.25, 0.3) is 0 Å². The number of nitrogens with zero attached hydrogens (tertiary/aromatic N) is 1. The summed E-state index contributed by atoms with van der Waals surface area (Å²) in [5.41, 5.74) is 1.96. The van der Waals surface area contributed by atoms with Gasteiger partial charge in [0.2, 0.25) is 5.91 Å². The Balaban J connectivity index is 1.96. The van der Waals surface area contributed by atoms with E-state index in [1.807, 2.05) is 53.4 Å². The van der Waals surface area contributed by atoms with Crippen molar-refractivity contribution in [2.45, 2.75) is 51.6 Å². The van der Waals surface area contributed by atoms with E-state index in [2.05, 4.69) is 19.1 Å². The third-order valence-electron chi connectivity index (χ3n) is 5.09. The number of amides is 1. The lowest BCUT2D eigenvalue weighted by Gasteiger charge is -2.24. The smallest absolute Gasteiger partial charge is 0.306 e. The van der Waals surface area contributed by atoms with Gasteiger partial charge in [-0.25, -0.2) is 0 Å². The van der Waals surface area contributed by atoms with Crippen LogP contribution in [0.4, 0.5) is 0 Å². The van der Waals surface area contributed by atoms with Gasteiger partial charge < -0.3 is 14.7 Å². The Morgan fingerprint density at radius 1 is 0.933 bits per heavy atom. The lowest BCUT2D eigenvalue weighted by atomic mass is 10.1. The number of rotatable bonds is 14. The highest BCUT2D eigenvalue weighted by molar-refractivity contribution is 5.77. The Kier molecular flexibility index (Phi) is 10.7. The first-order chi connectivity index (χ1) is 14.6. The van der Waals surface area contributed by atoms with Crippen LogP contribution in [0.5, 0.6) is 0 Å². The summed E-state index contributed by atoms with van der Waals surface area (Å²) in [4.78, 5) is 26.0. The van der Waals surface area contributed by atoms with Crippen LogP contribution in [0.15, 0.2) is 60.7 Å². The van der Waals surface area contributed by atoms with Crippen molar-refractivity contribution in [1.29, 1.82) is 0 Å². The van der Waals surface area contributed by atoms with Crippen molar-refractivity contribution in [2.24, 2.45) is 0 Å². The van der Waals surface area contributed by atoms with Gasteiger partial charge in [-0.05, 0) is 24.0 Å². The minimum absolute atomic E-state index is 0.0891. The first kappa shape index (κ1) is 23.6. The maximum atomic E-state index is 12.9. The van der Waals surface area contributed by atoms with Gasteiger partial charge in [-0.3, -0.25) is 9.59 Å². The fraction of sp³-hybridized carbons (Fsp3) is 0.440. The molecule has 5 nitrogen and oxygen atoms in total. The number of benzene rings is 2. The van der Waals surface area contributed by atoms with E-state index in [1.165, 1.54) is 5.56 Å². The number of ether oxygens (including phenoxy) is 1. The van der Waals surface area contributed by atoms with Crippen LogP contribution >= 0.6 is 0 Å². The molecule has 1 N–H and O–H groups in total. The topological polar surface area (TPSA) is 66.8 Å². The zero-order valence-electron chi connectivity index (χ0n) is 17.8. The number of carbonyl (C=O) groups excluding carboxylic acids is 1. The van der Waals surface area contributed by atoms with E-state index in [4.69, 9.17) is 4.74 Å². The Hall–Kier alpha value is -2.66. The van der Waals surface area contributed by atoms with E-state index >= 15 is 0 Å². The minimum atomic E-state index is -0.947. The van der Waals surface area contributed by atoms with Crippen LogP contribution < -0.4 is 0 Å². The molecule has 0 aromatic heterocycles. The highest BCUT2D eigenvalue weighted by Gasteiger charge is 2.20. The summed E-state index contributed by atoms with van der Waals surface area (Å²) in [6, 6.07) is 19.3. The van der Waals surface area contributed by atoms with Crippen molar-refractivity contribution < 1.29 is 19.4 Å². The maximum absolute atomic E-state index is 12.9. The third-order valence-corrected chi connectivity index (χ3v) is 5.09. The SMILES string of the molecule is CCCCCCN(CCc1ccccc1)C(=O)COC(CC(=O)O)c1ccccc1. The van der Waals surface area contributed by atoms with Crippen LogP contribution in [0, 0.1) is 0 Å². The van der Waals surface area contributed by atoms with E-state index in [1.54, 1.807) is 0 Å². The molecule has 1 amide bonds. The number of aliphatic carboxylic acids is 1. The molecule has 0 aliphatic rings. The quantitative estimate of drug-likeness (QED) is 0.450. The predicted molar refractivity (Wildman–Crippen MR) is 118 cm³/mol. The molecule has 1 unspecified atom stereocenters. The van der Waals surface area contributed by atoms with Gasteiger partial charge in [0.1, 0.15) is 6.61 Å². The molecule has 0 aliphatic heterocycles. The molecule has 0 heterocycles. The highest BCUT2D eigenvalue weighted by atomic mass is 16.5. The van der Waals surface area contributed by atoms with E-state index in [0.717, 1.165) is 37.7 Å². The molecule has 0 bridgehead atoms. The van der Waals surface area contributed by atoms with Crippen molar-refractivity contribution in [3.05, 3.63) is 71.8 Å². The molecule has 0 saturated carbocycles. The van der Waals surface area contributed by atoms with Gasteiger partial charge in [-0.15, -0.1) is 0 Å². The summed E-state index contributed by atoms with van der Waals surface area (Å²) in [7, 11) is 0. The zero-order chi connectivity index (χ0) is 21.6. The van der Waals surface area contributed by atoms with Gasteiger partial charge in [-0.2, -0.15) is 0 Å². The van der Waals surface area contributed by atoms with E-state index in [-0.39, 0.29) is 18.9 Å². The summed E-state index contributed by atoms with van der Waals surface area (Å²) in [6.07, 6.45) is 4.35. The molecule has 0 spiro atoms. The lowest BCUT2D eigenvalue weighted by molar-refractivity contribution is -0.145. The Labute approximate surface area is 179 Å². The molecule has 0 saturated heterocycles. The van der Waals surface area contributed by atoms with Crippen LogP contribution in [0.1, 0.15) is 56.3 Å². The second-order valence-electron chi connectivity index (χ2n) is 7.49. The van der Waals surface area contributed by atoms with E-state index in [0.29, 0.717) is 13.1 Å². The van der Waals surface area contributed by atoms with Crippen LogP contribution in [-0.4, -0.2) is 41.6 Å². The Morgan fingerprint density at radius 2 is 1.60 bits per heavy atom. The van der Waals surface area contributed by atoms with Crippen LogP contribution in [0.3, 0.4) is 0 Å². The number of hydrogen-bond donors (Lipinski definition) is 1. The van der Waals surface area contributed by atoms with Gasteiger partial charge in [-0.1, -0.05) is 86.8 Å². The molecule has 30 heavy (non-hydrogen) atoms. The minimum Gasteiger partial charge on any atom is -0.481 e. The van der Waals surface area contributed by atoms with Gasteiger partial charge in [0.05, 0.1) is 12.5 Å².